The second-order valence-corrected chi connectivity index (χ2v) is 13.7. The number of halogens is 1. The molecule has 0 bridgehead atoms. The number of amides is 3. The summed E-state index contributed by atoms with van der Waals surface area (Å²) in [5, 5.41) is 4.23. The largest absolute Gasteiger partial charge is 0.444 e. The van der Waals surface area contributed by atoms with Crippen LogP contribution in [0.1, 0.15) is 70.2 Å². The average molecular weight is 608 g/mol. The Morgan fingerprint density at radius 2 is 1.73 bits per heavy atom. The maximum atomic E-state index is 13.9. The molecule has 1 aromatic carbocycles. The number of benzene rings is 1. The van der Waals surface area contributed by atoms with E-state index in [-0.39, 0.29) is 23.2 Å². The van der Waals surface area contributed by atoms with Crippen LogP contribution in [-0.4, -0.2) is 52.8 Å². The highest BCUT2D eigenvalue weighted by Crippen LogP contribution is 2.34. The lowest BCUT2D eigenvalue weighted by Gasteiger charge is -2.26. The molecule has 3 amide bonds. The molecule has 0 aliphatic heterocycles. The third-order valence-electron chi connectivity index (χ3n) is 6.64. The average Bonchev–Trinajstić information content (AvgIpc) is 3.78. The maximum absolute atomic E-state index is 13.9. The van der Waals surface area contributed by atoms with Gasteiger partial charge in [0.1, 0.15) is 17.7 Å². The van der Waals surface area contributed by atoms with Crippen LogP contribution >= 0.6 is 11.6 Å². The molecular weight excluding hydrogens is 574 g/mol. The number of anilines is 1. The van der Waals surface area contributed by atoms with Crippen molar-refractivity contribution in [1.29, 1.82) is 0 Å². The summed E-state index contributed by atoms with van der Waals surface area (Å²) in [4.78, 5) is 57.1. The van der Waals surface area contributed by atoms with Gasteiger partial charge in [-0.15, -0.1) is 0 Å². The Kier molecular flexibility index (Phi) is 8.78. The zero-order valence-corrected chi connectivity index (χ0v) is 24.8. The fourth-order valence-corrected chi connectivity index (χ4v) is 5.80. The number of hydrogen-bond acceptors (Lipinski definition) is 8. The van der Waals surface area contributed by atoms with Gasteiger partial charge in [-0.3, -0.25) is 29.0 Å². The van der Waals surface area contributed by atoms with Gasteiger partial charge < -0.3 is 10.1 Å². The number of nitrogens with zero attached hydrogens (tertiary/aromatic N) is 2. The van der Waals surface area contributed by atoms with Crippen LogP contribution in [-0.2, 0) is 24.3 Å². The molecule has 2 atom stereocenters. The molecule has 222 valence electrons. The summed E-state index contributed by atoms with van der Waals surface area (Å²) in [5.74, 6) is -1.86. The molecule has 0 saturated heterocycles. The zero-order valence-electron chi connectivity index (χ0n) is 23.3. The lowest BCUT2D eigenvalue weighted by atomic mass is 10.0. The minimum Gasteiger partial charge on any atom is -0.444 e. The first-order valence-corrected chi connectivity index (χ1v) is 15.3. The highest BCUT2D eigenvalue weighted by Gasteiger charge is 2.40. The first-order valence-electron chi connectivity index (χ1n) is 13.4. The summed E-state index contributed by atoms with van der Waals surface area (Å²) in [6.45, 7) is 6.45. The Hall–Kier alpha value is -3.45. The van der Waals surface area contributed by atoms with Gasteiger partial charge in [-0.05, 0) is 58.4 Å². The molecule has 2 fully saturated rings. The minimum absolute atomic E-state index is 0.134. The molecule has 3 N–H and O–H groups in total. The summed E-state index contributed by atoms with van der Waals surface area (Å²) in [5.41, 5.74) is -1.16. The fraction of sp³-hybridized carbons (Fsp3) is 0.519. The summed E-state index contributed by atoms with van der Waals surface area (Å²) in [7, 11) is -3.84. The molecule has 2 aliphatic rings. The second kappa shape index (κ2) is 11.8. The van der Waals surface area contributed by atoms with E-state index in [1.54, 1.807) is 51.1 Å². The van der Waals surface area contributed by atoms with Crippen molar-refractivity contribution in [3.05, 3.63) is 57.1 Å². The van der Waals surface area contributed by atoms with Gasteiger partial charge in [0.25, 0.3) is 11.5 Å². The van der Waals surface area contributed by atoms with E-state index in [4.69, 9.17) is 16.3 Å². The monoisotopic (exact) mass is 607 g/mol. The molecule has 0 spiro atoms. The number of aromatic nitrogens is 2. The Labute approximate surface area is 243 Å². The van der Waals surface area contributed by atoms with Crippen molar-refractivity contribution in [3.63, 3.8) is 0 Å². The number of ether oxygens (including phenoxy) is 1. The van der Waals surface area contributed by atoms with Crippen LogP contribution in [0.15, 0.2) is 35.1 Å². The van der Waals surface area contributed by atoms with E-state index in [1.807, 2.05) is 0 Å². The molecule has 4 rings (SSSR count). The Bertz CT molecular complexity index is 1500. The van der Waals surface area contributed by atoms with Gasteiger partial charge in [-0.2, -0.15) is 0 Å². The molecular formula is C27H34ClN5O7S. The van der Waals surface area contributed by atoms with Crippen molar-refractivity contribution in [3.8, 4) is 0 Å². The molecule has 41 heavy (non-hydrogen) atoms. The maximum Gasteiger partial charge on any atom is 0.413 e. The molecule has 2 saturated carbocycles. The van der Waals surface area contributed by atoms with Gasteiger partial charge in [-0.25, -0.2) is 18.2 Å². The van der Waals surface area contributed by atoms with Crippen LogP contribution in [0.25, 0.3) is 0 Å². The Morgan fingerprint density at radius 3 is 2.29 bits per heavy atom. The highest BCUT2D eigenvalue weighted by atomic mass is 35.5. The third kappa shape index (κ3) is 7.85. The van der Waals surface area contributed by atoms with Gasteiger partial charge in [0.2, 0.25) is 21.7 Å². The number of hydrogen-bond donors (Lipinski definition) is 3. The van der Waals surface area contributed by atoms with E-state index in [0.717, 1.165) is 17.4 Å². The van der Waals surface area contributed by atoms with Crippen molar-refractivity contribution in [1.82, 2.24) is 19.6 Å². The minimum atomic E-state index is -3.84. The summed E-state index contributed by atoms with van der Waals surface area (Å²) in [6.07, 6.45) is 1.97. The molecule has 1 aromatic heterocycles. The Balaban J connectivity index is 1.70. The van der Waals surface area contributed by atoms with E-state index >= 15 is 0 Å². The molecule has 2 aromatic rings. The normalized spacial score (nSPS) is 16.8. The smallest absolute Gasteiger partial charge is 0.413 e. The molecule has 12 nitrogen and oxygen atoms in total. The molecule has 14 heteroatoms. The van der Waals surface area contributed by atoms with Gasteiger partial charge in [0.15, 0.2) is 5.15 Å². The van der Waals surface area contributed by atoms with E-state index in [2.05, 4.69) is 20.3 Å². The van der Waals surface area contributed by atoms with Crippen molar-refractivity contribution in [2.75, 3.05) is 5.32 Å². The highest BCUT2D eigenvalue weighted by molar-refractivity contribution is 7.90. The van der Waals surface area contributed by atoms with Crippen molar-refractivity contribution >= 4 is 45.3 Å². The molecule has 1 unspecified atom stereocenters. The van der Waals surface area contributed by atoms with Gasteiger partial charge in [0.05, 0.1) is 10.9 Å². The molecule has 1 heterocycles. The van der Waals surface area contributed by atoms with E-state index < -0.39 is 62.2 Å². The fourth-order valence-electron chi connectivity index (χ4n) is 4.28. The topological polar surface area (TPSA) is 166 Å². The lowest BCUT2D eigenvalue weighted by Crippen LogP contribution is -2.51. The summed E-state index contributed by atoms with van der Waals surface area (Å²) >= 11 is 6.36. The second-order valence-electron chi connectivity index (χ2n) is 11.4. The van der Waals surface area contributed by atoms with E-state index in [0.29, 0.717) is 18.4 Å². The van der Waals surface area contributed by atoms with E-state index in [9.17, 15) is 27.6 Å². The van der Waals surface area contributed by atoms with Crippen molar-refractivity contribution in [2.45, 2.75) is 82.7 Å². The van der Waals surface area contributed by atoms with Crippen molar-refractivity contribution in [2.24, 2.45) is 5.92 Å². The number of nitrogens with one attached hydrogen (secondary N) is 3. The summed E-state index contributed by atoms with van der Waals surface area (Å²) in [6, 6.07) is 5.85. The number of rotatable bonds is 10. The van der Waals surface area contributed by atoms with Gasteiger partial charge in [-0.1, -0.05) is 54.8 Å². The summed E-state index contributed by atoms with van der Waals surface area (Å²) < 4.78 is 33.3. The zero-order chi connectivity index (χ0) is 30.1. The Morgan fingerprint density at radius 1 is 1.10 bits per heavy atom. The van der Waals surface area contributed by atoms with Crippen molar-refractivity contribution < 1.29 is 27.5 Å². The van der Waals surface area contributed by atoms with Crippen LogP contribution in [0.4, 0.5) is 10.6 Å². The lowest BCUT2D eigenvalue weighted by molar-refractivity contribution is -0.129. The SMILES string of the molecule is Cc1c(Cl)nc(NC(=O)OC(C)(C)C)c(=O)n1C(C(=O)N[C@@H](CC1CC1)C(=O)NS(=O)(=O)C1CC1)c1ccccc1. The number of carbonyl (C=O) groups is 3. The third-order valence-corrected chi connectivity index (χ3v) is 8.83. The van der Waals surface area contributed by atoms with Crippen LogP contribution in [0.2, 0.25) is 5.15 Å². The first kappa shape index (κ1) is 30.5. The molecule has 2 aliphatic carbocycles. The van der Waals surface area contributed by atoms with Gasteiger partial charge in [0, 0.05) is 0 Å². The molecule has 0 radical (unpaired) electrons. The standard InChI is InChI=1S/C27H34ClN5O7S/c1-15-21(28)30-22(31-26(37)40-27(2,3)4)25(36)33(15)20(17-8-6-5-7-9-17)24(35)29-19(14-16-10-11-16)23(34)32-41(38,39)18-12-13-18/h5-9,16,18-20H,10-14H2,1-4H3,(H,29,35)(H,32,34)(H,30,31,37)/t19-,20?/m0/s1. The number of sulfonamides is 1. The quantitative estimate of drug-likeness (QED) is 0.371. The number of carbonyl (C=O) groups excluding carboxylic acids is 3. The predicted octanol–water partition coefficient (Wildman–Crippen LogP) is 3.03. The van der Waals surface area contributed by atoms with Crippen LogP contribution in [0.5, 0.6) is 0 Å². The first-order chi connectivity index (χ1) is 19.2. The predicted molar refractivity (Wildman–Crippen MR) is 152 cm³/mol. The van der Waals surface area contributed by atoms with Crippen LogP contribution < -0.4 is 20.9 Å². The van der Waals surface area contributed by atoms with E-state index in [1.165, 1.54) is 6.92 Å². The van der Waals surface area contributed by atoms with Gasteiger partial charge >= 0.3 is 6.09 Å². The van der Waals surface area contributed by atoms with Crippen LogP contribution in [0.3, 0.4) is 0 Å². The van der Waals surface area contributed by atoms with Crippen LogP contribution in [0, 0.1) is 12.8 Å².